The molecule has 4 nitrogen and oxygen atoms in total. The summed E-state index contributed by atoms with van der Waals surface area (Å²) in [5.74, 6) is 0.105. The molecule has 0 unspecified atom stereocenters. The molecule has 0 heterocycles. The predicted molar refractivity (Wildman–Crippen MR) is 47.9 cm³/mol. The van der Waals surface area contributed by atoms with E-state index in [1.165, 1.54) is 0 Å². The molecule has 0 aromatic rings. The molecule has 0 saturated heterocycles. The van der Waals surface area contributed by atoms with Gasteiger partial charge in [0.2, 0.25) is 5.91 Å². The molecule has 1 amide bonds. The molecule has 0 saturated carbocycles. The molecular formula is C8H18N2O2. The Morgan fingerprint density at radius 1 is 1.58 bits per heavy atom. The Hall–Kier alpha value is -0.610. The summed E-state index contributed by atoms with van der Waals surface area (Å²) in [6.45, 7) is 2.88. The predicted octanol–water partition coefficient (Wildman–Crippen LogP) is -0.565. The Morgan fingerprint density at radius 2 is 2.17 bits per heavy atom. The minimum absolute atomic E-state index is 0.105. The van der Waals surface area contributed by atoms with Crippen molar-refractivity contribution in [2.75, 3.05) is 27.2 Å². The van der Waals surface area contributed by atoms with Gasteiger partial charge in [-0.1, -0.05) is 0 Å². The van der Waals surface area contributed by atoms with Crippen molar-refractivity contribution in [3.05, 3.63) is 0 Å². The van der Waals surface area contributed by atoms with Crippen molar-refractivity contribution < 1.29 is 9.90 Å². The first-order valence-corrected chi connectivity index (χ1v) is 4.13. The van der Waals surface area contributed by atoms with Gasteiger partial charge in [0.15, 0.2) is 0 Å². The van der Waals surface area contributed by atoms with Crippen molar-refractivity contribution in [2.45, 2.75) is 19.4 Å². The fourth-order valence-corrected chi connectivity index (χ4v) is 0.730. The fraction of sp³-hybridized carbons (Fsp3) is 0.875. The lowest BCUT2D eigenvalue weighted by molar-refractivity contribution is -0.128. The van der Waals surface area contributed by atoms with Gasteiger partial charge in [0, 0.05) is 33.6 Å². The van der Waals surface area contributed by atoms with Gasteiger partial charge >= 0.3 is 0 Å². The van der Waals surface area contributed by atoms with Crippen LogP contribution in [0.1, 0.15) is 13.3 Å². The maximum absolute atomic E-state index is 11.0. The van der Waals surface area contributed by atoms with Gasteiger partial charge in [-0.3, -0.25) is 4.79 Å². The van der Waals surface area contributed by atoms with Crippen LogP contribution in [-0.2, 0) is 4.79 Å². The number of nitrogens with one attached hydrogen (secondary N) is 1. The first kappa shape index (κ1) is 11.4. The molecule has 0 aliphatic heterocycles. The van der Waals surface area contributed by atoms with Crippen LogP contribution in [0.3, 0.4) is 0 Å². The van der Waals surface area contributed by atoms with E-state index in [0.29, 0.717) is 19.5 Å². The van der Waals surface area contributed by atoms with E-state index in [9.17, 15) is 4.79 Å². The van der Waals surface area contributed by atoms with Gasteiger partial charge in [-0.2, -0.15) is 0 Å². The second-order valence-electron chi connectivity index (χ2n) is 3.09. The van der Waals surface area contributed by atoms with Gasteiger partial charge in [-0.25, -0.2) is 0 Å². The summed E-state index contributed by atoms with van der Waals surface area (Å²) in [7, 11) is 3.47. The highest BCUT2D eigenvalue weighted by molar-refractivity contribution is 5.75. The second kappa shape index (κ2) is 5.97. The van der Waals surface area contributed by atoms with Crippen LogP contribution in [0.25, 0.3) is 0 Å². The quantitative estimate of drug-likeness (QED) is 0.549. The summed E-state index contributed by atoms with van der Waals surface area (Å²) < 4.78 is 0. The average molecular weight is 174 g/mol. The zero-order valence-electron chi connectivity index (χ0n) is 8.00. The average Bonchev–Trinajstić information content (AvgIpc) is 1.97. The van der Waals surface area contributed by atoms with Crippen LogP contribution in [0.2, 0.25) is 0 Å². The van der Waals surface area contributed by atoms with E-state index >= 15 is 0 Å². The topological polar surface area (TPSA) is 52.6 Å². The molecule has 0 radical (unpaired) electrons. The fourth-order valence-electron chi connectivity index (χ4n) is 0.730. The van der Waals surface area contributed by atoms with Crippen molar-refractivity contribution in [1.29, 1.82) is 0 Å². The standard InChI is InChI=1S/C8H18N2O2/c1-7(11)6-9-5-4-8(12)10(2)3/h7,9,11H,4-6H2,1-3H3/t7-/m0/s1. The molecule has 0 spiro atoms. The lowest BCUT2D eigenvalue weighted by Crippen LogP contribution is -2.30. The monoisotopic (exact) mass is 174 g/mol. The summed E-state index contributed by atoms with van der Waals surface area (Å²) in [6.07, 6.45) is 0.138. The number of aliphatic hydroxyl groups is 1. The first-order chi connectivity index (χ1) is 5.54. The highest BCUT2D eigenvalue weighted by atomic mass is 16.3. The molecule has 0 aromatic heterocycles. The van der Waals surface area contributed by atoms with E-state index in [4.69, 9.17) is 5.11 Å². The van der Waals surface area contributed by atoms with E-state index in [1.54, 1.807) is 25.9 Å². The van der Waals surface area contributed by atoms with Crippen LogP contribution in [0.4, 0.5) is 0 Å². The number of amides is 1. The van der Waals surface area contributed by atoms with Crippen molar-refractivity contribution in [1.82, 2.24) is 10.2 Å². The summed E-state index contributed by atoms with van der Waals surface area (Å²) >= 11 is 0. The van der Waals surface area contributed by atoms with Gasteiger partial charge in [0.05, 0.1) is 6.10 Å². The lowest BCUT2D eigenvalue weighted by atomic mass is 10.3. The van der Waals surface area contributed by atoms with Crippen molar-refractivity contribution in [3.63, 3.8) is 0 Å². The zero-order valence-corrected chi connectivity index (χ0v) is 8.00. The molecule has 12 heavy (non-hydrogen) atoms. The normalized spacial score (nSPS) is 12.7. The number of hydrogen-bond acceptors (Lipinski definition) is 3. The third kappa shape index (κ3) is 6.12. The van der Waals surface area contributed by atoms with E-state index in [-0.39, 0.29) is 12.0 Å². The number of hydrogen-bond donors (Lipinski definition) is 2. The van der Waals surface area contributed by atoms with Crippen LogP contribution in [0.5, 0.6) is 0 Å². The molecule has 72 valence electrons. The number of aliphatic hydroxyl groups excluding tert-OH is 1. The number of carbonyl (C=O) groups excluding carboxylic acids is 1. The van der Waals surface area contributed by atoms with Crippen LogP contribution < -0.4 is 5.32 Å². The van der Waals surface area contributed by atoms with Crippen molar-refractivity contribution >= 4 is 5.91 Å². The Bertz CT molecular complexity index is 135. The summed E-state index contributed by atoms with van der Waals surface area (Å²) in [5.41, 5.74) is 0. The van der Waals surface area contributed by atoms with Gasteiger partial charge in [-0.05, 0) is 6.92 Å². The van der Waals surface area contributed by atoms with E-state index in [1.807, 2.05) is 0 Å². The van der Waals surface area contributed by atoms with E-state index in [0.717, 1.165) is 0 Å². The molecule has 1 atom stereocenters. The van der Waals surface area contributed by atoms with Gasteiger partial charge < -0.3 is 15.3 Å². The van der Waals surface area contributed by atoms with Gasteiger partial charge in [-0.15, -0.1) is 0 Å². The first-order valence-electron chi connectivity index (χ1n) is 4.13. The largest absolute Gasteiger partial charge is 0.392 e. The molecule has 0 fully saturated rings. The van der Waals surface area contributed by atoms with Crippen molar-refractivity contribution in [2.24, 2.45) is 0 Å². The summed E-state index contributed by atoms with van der Waals surface area (Å²) in [4.78, 5) is 12.6. The highest BCUT2D eigenvalue weighted by Crippen LogP contribution is 1.85. The smallest absolute Gasteiger partial charge is 0.223 e. The number of carbonyl (C=O) groups is 1. The maximum atomic E-state index is 11.0. The van der Waals surface area contributed by atoms with Crippen LogP contribution in [0.15, 0.2) is 0 Å². The maximum Gasteiger partial charge on any atom is 0.223 e. The molecule has 0 aliphatic rings. The number of nitrogens with zero attached hydrogens (tertiary/aromatic N) is 1. The molecule has 0 aliphatic carbocycles. The minimum Gasteiger partial charge on any atom is -0.392 e. The molecule has 4 heteroatoms. The lowest BCUT2D eigenvalue weighted by Gasteiger charge is -2.10. The molecule has 0 aromatic carbocycles. The van der Waals surface area contributed by atoms with Gasteiger partial charge in [0.1, 0.15) is 0 Å². The summed E-state index contributed by atoms with van der Waals surface area (Å²) in [5, 5.41) is 11.8. The van der Waals surface area contributed by atoms with Crippen molar-refractivity contribution in [3.8, 4) is 0 Å². The van der Waals surface area contributed by atoms with Crippen LogP contribution in [0, 0.1) is 0 Å². The Morgan fingerprint density at radius 3 is 2.58 bits per heavy atom. The second-order valence-corrected chi connectivity index (χ2v) is 3.09. The minimum atomic E-state index is -0.348. The SMILES string of the molecule is C[C@H](O)CNCCC(=O)N(C)C. The molecule has 0 rings (SSSR count). The summed E-state index contributed by atoms with van der Waals surface area (Å²) in [6, 6.07) is 0. The van der Waals surface area contributed by atoms with Crippen LogP contribution >= 0.6 is 0 Å². The molecular weight excluding hydrogens is 156 g/mol. The molecule has 2 N–H and O–H groups in total. The Labute approximate surface area is 73.6 Å². The Kier molecular flexibility index (Phi) is 5.66. The van der Waals surface area contributed by atoms with E-state index < -0.39 is 0 Å². The van der Waals surface area contributed by atoms with Gasteiger partial charge in [0.25, 0.3) is 0 Å². The molecule has 0 bridgehead atoms. The third-order valence-corrected chi connectivity index (χ3v) is 1.45. The zero-order chi connectivity index (χ0) is 9.56. The Balaban J connectivity index is 3.26. The number of rotatable bonds is 5. The van der Waals surface area contributed by atoms with Crippen LogP contribution in [-0.4, -0.2) is 49.2 Å². The van der Waals surface area contributed by atoms with E-state index in [2.05, 4.69) is 5.32 Å². The third-order valence-electron chi connectivity index (χ3n) is 1.45. The highest BCUT2D eigenvalue weighted by Gasteiger charge is 2.02.